The van der Waals surface area contributed by atoms with Gasteiger partial charge in [-0.25, -0.2) is 14.5 Å². The molecule has 0 saturated carbocycles. The van der Waals surface area contributed by atoms with Crippen molar-refractivity contribution < 1.29 is 34.2 Å². The van der Waals surface area contributed by atoms with E-state index in [0.29, 0.717) is 21.3 Å². The molecular formula is C25H16Cl2N2O7S. The highest BCUT2D eigenvalue weighted by Crippen LogP contribution is 2.36. The van der Waals surface area contributed by atoms with Gasteiger partial charge in [0, 0.05) is 17.0 Å². The summed E-state index contributed by atoms with van der Waals surface area (Å²) in [6.45, 7) is 0. The first-order valence-corrected chi connectivity index (χ1v) is 12.2. The summed E-state index contributed by atoms with van der Waals surface area (Å²) < 4.78 is 0. The summed E-state index contributed by atoms with van der Waals surface area (Å²) in [6, 6.07) is 14.0. The van der Waals surface area contributed by atoms with Crippen molar-refractivity contribution in [1.29, 1.82) is 0 Å². The van der Waals surface area contributed by atoms with Gasteiger partial charge in [0.1, 0.15) is 0 Å². The number of imide groups is 1. The van der Waals surface area contributed by atoms with Gasteiger partial charge < -0.3 is 15.5 Å². The third-order valence-electron chi connectivity index (χ3n) is 5.40. The molecule has 0 aliphatic carbocycles. The molecule has 1 fully saturated rings. The number of aromatic carboxylic acids is 2. The maximum Gasteiger partial charge on any atom is 0.336 e. The van der Waals surface area contributed by atoms with E-state index in [-0.39, 0.29) is 34.0 Å². The molecule has 9 nitrogen and oxygen atoms in total. The summed E-state index contributed by atoms with van der Waals surface area (Å²) in [5.41, 5.74) is -0.225. The summed E-state index contributed by atoms with van der Waals surface area (Å²) in [6.07, 6.45) is -0.0138. The van der Waals surface area contributed by atoms with Gasteiger partial charge in [-0.1, -0.05) is 23.2 Å². The Balaban J connectivity index is 1.46. The molecule has 12 heteroatoms. The SMILES string of the molecule is O=C(O)c1ccc(C(=O)O)c(C(=O)Nc2ccc(SC3CC(=O)N(c4ccc(Cl)c(Cl)c4)C3=O)cc2)c1. The number of carboxylic acids is 2. The molecule has 1 aliphatic heterocycles. The van der Waals surface area contributed by atoms with Crippen LogP contribution >= 0.6 is 35.0 Å². The minimum absolute atomic E-state index is 0.0138. The summed E-state index contributed by atoms with van der Waals surface area (Å²) in [5, 5.41) is 20.9. The highest BCUT2D eigenvalue weighted by atomic mass is 35.5. The molecule has 3 amide bonds. The fourth-order valence-corrected chi connectivity index (χ4v) is 4.97. The van der Waals surface area contributed by atoms with E-state index in [0.717, 1.165) is 23.1 Å². The largest absolute Gasteiger partial charge is 0.478 e. The topological polar surface area (TPSA) is 141 Å². The first-order chi connectivity index (χ1) is 17.5. The van der Waals surface area contributed by atoms with Crippen LogP contribution in [0.3, 0.4) is 0 Å². The fraction of sp³-hybridized carbons (Fsp3) is 0.0800. The van der Waals surface area contributed by atoms with E-state index in [4.69, 9.17) is 28.3 Å². The van der Waals surface area contributed by atoms with E-state index in [9.17, 15) is 29.1 Å². The molecule has 1 unspecified atom stereocenters. The van der Waals surface area contributed by atoms with Gasteiger partial charge in [-0.05, 0) is 60.7 Å². The lowest BCUT2D eigenvalue weighted by Crippen LogP contribution is -2.31. The molecule has 0 bridgehead atoms. The number of benzene rings is 3. The summed E-state index contributed by atoms with van der Waals surface area (Å²) in [4.78, 5) is 62.5. The number of nitrogens with one attached hydrogen (secondary N) is 1. The van der Waals surface area contributed by atoms with E-state index in [1.165, 1.54) is 30.0 Å². The van der Waals surface area contributed by atoms with Crippen LogP contribution in [0.15, 0.2) is 65.6 Å². The molecule has 0 spiro atoms. The van der Waals surface area contributed by atoms with E-state index >= 15 is 0 Å². The van der Waals surface area contributed by atoms with Crippen LogP contribution in [0.1, 0.15) is 37.5 Å². The van der Waals surface area contributed by atoms with Crippen LogP contribution in [0.4, 0.5) is 11.4 Å². The predicted octanol–water partition coefficient (Wildman–Crippen LogP) is 5.07. The molecular weight excluding hydrogens is 543 g/mol. The van der Waals surface area contributed by atoms with Crippen LogP contribution in [-0.2, 0) is 9.59 Å². The molecule has 188 valence electrons. The number of rotatable bonds is 7. The Labute approximate surface area is 224 Å². The maximum absolute atomic E-state index is 12.9. The smallest absolute Gasteiger partial charge is 0.336 e. The normalized spacial score (nSPS) is 15.1. The Bertz CT molecular complexity index is 1460. The number of hydrogen-bond acceptors (Lipinski definition) is 6. The third kappa shape index (κ3) is 5.61. The van der Waals surface area contributed by atoms with Gasteiger partial charge in [0.2, 0.25) is 11.8 Å². The standard InChI is InChI=1S/C25H16Cl2N2O7S/c26-18-8-4-14(10-19(18)27)29-21(30)11-20(23(29)32)37-15-5-2-13(3-6-15)28-22(31)17-9-12(24(33)34)1-7-16(17)25(35)36/h1-10,20H,11H2,(H,28,31)(H,33,34)(H,35,36). The quantitative estimate of drug-likeness (QED) is 0.341. The fourth-order valence-electron chi connectivity index (χ4n) is 3.62. The molecule has 0 aromatic heterocycles. The second-order valence-electron chi connectivity index (χ2n) is 7.83. The van der Waals surface area contributed by atoms with Crippen molar-refractivity contribution in [3.63, 3.8) is 0 Å². The Morgan fingerprint density at radius 3 is 2.19 bits per heavy atom. The molecule has 0 radical (unpaired) electrons. The second-order valence-corrected chi connectivity index (χ2v) is 9.92. The number of carbonyl (C=O) groups is 5. The van der Waals surface area contributed by atoms with Crippen LogP contribution in [0.25, 0.3) is 0 Å². The molecule has 37 heavy (non-hydrogen) atoms. The van der Waals surface area contributed by atoms with Gasteiger partial charge in [0.25, 0.3) is 5.91 Å². The summed E-state index contributed by atoms with van der Waals surface area (Å²) >= 11 is 13.1. The van der Waals surface area contributed by atoms with Crippen LogP contribution in [-0.4, -0.2) is 45.1 Å². The highest BCUT2D eigenvalue weighted by Gasteiger charge is 2.40. The van der Waals surface area contributed by atoms with Crippen molar-refractivity contribution >= 4 is 76.0 Å². The molecule has 3 aromatic rings. The summed E-state index contributed by atoms with van der Waals surface area (Å²) in [5.74, 6) is -4.24. The van der Waals surface area contributed by atoms with E-state index in [1.54, 1.807) is 24.3 Å². The molecule has 4 rings (SSSR count). The van der Waals surface area contributed by atoms with Crippen molar-refractivity contribution in [2.24, 2.45) is 0 Å². The molecule has 1 aliphatic rings. The number of amides is 3. The van der Waals surface area contributed by atoms with Crippen LogP contribution < -0.4 is 10.2 Å². The van der Waals surface area contributed by atoms with Gasteiger partial charge in [-0.2, -0.15) is 0 Å². The molecule has 1 atom stereocenters. The van der Waals surface area contributed by atoms with E-state index in [2.05, 4.69) is 5.32 Å². The first kappa shape index (κ1) is 26.2. The Morgan fingerprint density at radius 1 is 0.865 bits per heavy atom. The van der Waals surface area contributed by atoms with E-state index < -0.39 is 29.0 Å². The zero-order chi connectivity index (χ0) is 26.9. The number of halogens is 2. The van der Waals surface area contributed by atoms with Gasteiger partial charge in [0.15, 0.2) is 0 Å². The molecule has 1 saturated heterocycles. The molecule has 3 aromatic carbocycles. The zero-order valence-electron chi connectivity index (χ0n) is 18.6. The zero-order valence-corrected chi connectivity index (χ0v) is 20.9. The monoisotopic (exact) mass is 558 g/mol. The Hall–Kier alpha value is -3.86. The van der Waals surface area contributed by atoms with E-state index in [1.807, 2.05) is 0 Å². The minimum atomic E-state index is -1.38. The maximum atomic E-state index is 12.9. The van der Waals surface area contributed by atoms with Gasteiger partial charge >= 0.3 is 11.9 Å². The van der Waals surface area contributed by atoms with Crippen LogP contribution in [0, 0.1) is 0 Å². The Morgan fingerprint density at radius 2 is 1.57 bits per heavy atom. The number of carboxylic acid groups (broad SMARTS) is 2. The van der Waals surface area contributed by atoms with Gasteiger partial charge in [-0.15, -0.1) is 11.8 Å². The van der Waals surface area contributed by atoms with Crippen LogP contribution in [0.2, 0.25) is 10.0 Å². The van der Waals surface area contributed by atoms with Crippen LogP contribution in [0.5, 0.6) is 0 Å². The summed E-state index contributed by atoms with van der Waals surface area (Å²) in [7, 11) is 0. The predicted molar refractivity (Wildman–Crippen MR) is 138 cm³/mol. The average molecular weight is 559 g/mol. The van der Waals surface area contributed by atoms with Crippen molar-refractivity contribution in [3.8, 4) is 0 Å². The van der Waals surface area contributed by atoms with Crippen molar-refractivity contribution in [2.45, 2.75) is 16.6 Å². The lowest BCUT2D eigenvalue weighted by atomic mass is 10.0. The number of thioether (sulfide) groups is 1. The number of hydrogen-bond donors (Lipinski definition) is 3. The van der Waals surface area contributed by atoms with Gasteiger partial charge in [-0.3, -0.25) is 14.4 Å². The van der Waals surface area contributed by atoms with Crippen molar-refractivity contribution in [1.82, 2.24) is 0 Å². The third-order valence-corrected chi connectivity index (χ3v) is 7.33. The first-order valence-electron chi connectivity index (χ1n) is 10.6. The number of nitrogens with zero attached hydrogens (tertiary/aromatic N) is 1. The van der Waals surface area contributed by atoms with Gasteiger partial charge in [0.05, 0.1) is 37.7 Å². The number of anilines is 2. The minimum Gasteiger partial charge on any atom is -0.478 e. The lowest BCUT2D eigenvalue weighted by Gasteiger charge is -2.15. The molecule has 3 N–H and O–H groups in total. The average Bonchev–Trinajstić information content (AvgIpc) is 3.14. The highest BCUT2D eigenvalue weighted by molar-refractivity contribution is 8.00. The molecule has 1 heterocycles. The lowest BCUT2D eigenvalue weighted by molar-refractivity contribution is -0.121. The Kier molecular flexibility index (Phi) is 7.53. The number of carbonyl (C=O) groups excluding carboxylic acids is 3. The van der Waals surface area contributed by atoms with Crippen molar-refractivity contribution in [2.75, 3.05) is 10.2 Å². The second kappa shape index (κ2) is 10.6. The van der Waals surface area contributed by atoms with Crippen molar-refractivity contribution in [3.05, 3.63) is 87.4 Å².